The summed E-state index contributed by atoms with van der Waals surface area (Å²) in [4.78, 5) is 19.9. The minimum atomic E-state index is -3.61. The van der Waals surface area contributed by atoms with E-state index in [0.717, 1.165) is 43.7 Å². The van der Waals surface area contributed by atoms with Gasteiger partial charge in [-0.25, -0.2) is 18.1 Å². The van der Waals surface area contributed by atoms with Gasteiger partial charge in [-0.15, -0.1) is 11.3 Å². The molecule has 9 heteroatoms. The van der Waals surface area contributed by atoms with Crippen LogP contribution in [0.4, 0.5) is 5.13 Å². The molecule has 7 nitrogen and oxygen atoms in total. The molecule has 1 amide bonds. The summed E-state index contributed by atoms with van der Waals surface area (Å²) < 4.78 is 27.6. The van der Waals surface area contributed by atoms with Crippen molar-refractivity contribution >= 4 is 32.4 Å². The molecule has 0 spiro atoms. The van der Waals surface area contributed by atoms with Crippen molar-refractivity contribution in [2.45, 2.75) is 62.9 Å². The van der Waals surface area contributed by atoms with Gasteiger partial charge in [0.25, 0.3) is 5.91 Å². The van der Waals surface area contributed by atoms with Crippen LogP contribution in [0.1, 0.15) is 60.1 Å². The van der Waals surface area contributed by atoms with Crippen LogP contribution in [0.25, 0.3) is 0 Å². The molecular weight excluding hydrogens is 420 g/mol. The fourth-order valence-electron chi connectivity index (χ4n) is 3.63. The Hall–Kier alpha value is -1.81. The first-order chi connectivity index (χ1) is 14.4. The number of benzene rings is 1. The monoisotopic (exact) mass is 448 g/mol. The maximum atomic E-state index is 12.8. The second-order valence-electron chi connectivity index (χ2n) is 8.16. The number of aryl methyl sites for hydroxylation is 1. The molecule has 1 aromatic carbocycles. The molecule has 1 aliphatic heterocycles. The average Bonchev–Trinajstić information content (AvgIpc) is 3.45. The normalized spacial score (nSPS) is 18.2. The average molecular weight is 449 g/mol. The summed E-state index contributed by atoms with van der Waals surface area (Å²) >= 11 is 1.40. The van der Waals surface area contributed by atoms with Crippen molar-refractivity contribution in [3.05, 3.63) is 40.4 Å². The standard InChI is InChI=1S/C21H28N4O3S2/c1-15-6-9-18(30(27,28)24-16-7-8-16)12-19(15)20(26)23-21-22-17(14-29-21)13-25-10-4-2-3-5-11-25/h6,9,12,14,16,24H,2-5,7-8,10-11,13H2,1H3,(H,22,23,26). The number of amides is 1. The van der Waals surface area contributed by atoms with E-state index in [1.165, 1.54) is 43.1 Å². The van der Waals surface area contributed by atoms with Gasteiger partial charge in [-0.05, 0) is 63.4 Å². The molecule has 0 radical (unpaired) electrons. The number of hydrogen-bond acceptors (Lipinski definition) is 6. The lowest BCUT2D eigenvalue weighted by Crippen LogP contribution is -2.26. The molecule has 1 aromatic heterocycles. The Bertz CT molecular complexity index is 1010. The van der Waals surface area contributed by atoms with Crippen molar-refractivity contribution in [1.29, 1.82) is 0 Å². The summed E-state index contributed by atoms with van der Waals surface area (Å²) in [6.45, 7) is 4.78. The van der Waals surface area contributed by atoms with Crippen molar-refractivity contribution in [1.82, 2.24) is 14.6 Å². The molecule has 0 unspecified atom stereocenters. The van der Waals surface area contributed by atoms with E-state index in [-0.39, 0.29) is 16.8 Å². The zero-order valence-electron chi connectivity index (χ0n) is 17.2. The Labute approximate surface area is 181 Å². The number of aromatic nitrogens is 1. The van der Waals surface area contributed by atoms with Crippen LogP contribution >= 0.6 is 11.3 Å². The molecule has 0 atom stereocenters. The van der Waals surface area contributed by atoms with E-state index in [1.54, 1.807) is 19.1 Å². The molecule has 2 aliphatic rings. The third-order valence-electron chi connectivity index (χ3n) is 5.52. The number of nitrogens with zero attached hydrogens (tertiary/aromatic N) is 2. The molecule has 0 bridgehead atoms. The highest BCUT2D eigenvalue weighted by Gasteiger charge is 2.28. The molecule has 4 rings (SSSR count). The van der Waals surface area contributed by atoms with Gasteiger partial charge in [0.15, 0.2) is 5.13 Å². The van der Waals surface area contributed by atoms with E-state index in [4.69, 9.17) is 0 Å². The smallest absolute Gasteiger partial charge is 0.257 e. The van der Waals surface area contributed by atoms with Crippen molar-refractivity contribution in [2.24, 2.45) is 0 Å². The number of thiazole rings is 1. The van der Waals surface area contributed by atoms with E-state index >= 15 is 0 Å². The van der Waals surface area contributed by atoms with E-state index in [0.29, 0.717) is 10.7 Å². The van der Waals surface area contributed by atoms with Crippen LogP contribution in [-0.4, -0.2) is 43.3 Å². The molecule has 1 saturated heterocycles. The van der Waals surface area contributed by atoms with Crippen molar-refractivity contribution in [3.63, 3.8) is 0 Å². The molecule has 162 valence electrons. The van der Waals surface area contributed by atoms with Crippen LogP contribution in [0.2, 0.25) is 0 Å². The minimum absolute atomic E-state index is 0.0199. The number of likely N-dealkylation sites (tertiary alicyclic amines) is 1. The quantitative estimate of drug-likeness (QED) is 0.676. The number of carbonyl (C=O) groups is 1. The molecule has 2 heterocycles. The zero-order chi connectivity index (χ0) is 21.1. The number of hydrogen-bond donors (Lipinski definition) is 2. The maximum absolute atomic E-state index is 12.8. The minimum Gasteiger partial charge on any atom is -0.298 e. The first kappa shape index (κ1) is 21.4. The summed E-state index contributed by atoms with van der Waals surface area (Å²) in [5, 5.41) is 5.35. The van der Waals surface area contributed by atoms with Gasteiger partial charge in [-0.3, -0.25) is 15.0 Å². The molecule has 2 fully saturated rings. The highest BCUT2D eigenvalue weighted by atomic mass is 32.2. The number of carbonyl (C=O) groups excluding carboxylic acids is 1. The Morgan fingerprint density at radius 3 is 2.63 bits per heavy atom. The third-order valence-corrected chi connectivity index (χ3v) is 7.84. The summed E-state index contributed by atoms with van der Waals surface area (Å²) in [5.74, 6) is -0.341. The summed E-state index contributed by atoms with van der Waals surface area (Å²) in [6.07, 6.45) is 6.76. The Kier molecular flexibility index (Phi) is 6.52. The van der Waals surface area contributed by atoms with Crippen LogP contribution in [0.15, 0.2) is 28.5 Å². The number of anilines is 1. The van der Waals surface area contributed by atoms with Gasteiger partial charge in [0.1, 0.15) is 0 Å². The fourth-order valence-corrected chi connectivity index (χ4v) is 5.65. The highest BCUT2D eigenvalue weighted by Crippen LogP contribution is 2.24. The SMILES string of the molecule is Cc1ccc(S(=O)(=O)NC2CC2)cc1C(=O)Nc1nc(CN2CCCCCC2)cs1. The number of sulfonamides is 1. The van der Waals surface area contributed by atoms with Gasteiger partial charge in [0.2, 0.25) is 10.0 Å². The number of rotatable bonds is 7. The van der Waals surface area contributed by atoms with E-state index in [9.17, 15) is 13.2 Å². The van der Waals surface area contributed by atoms with Gasteiger partial charge in [0.05, 0.1) is 10.6 Å². The molecule has 1 saturated carbocycles. The molecule has 1 aliphatic carbocycles. The van der Waals surface area contributed by atoms with Gasteiger partial charge < -0.3 is 0 Å². The lowest BCUT2D eigenvalue weighted by Gasteiger charge is -2.17. The third kappa shape index (κ3) is 5.46. The molecular formula is C21H28N4O3S2. The molecule has 2 aromatic rings. The molecule has 2 N–H and O–H groups in total. The second kappa shape index (κ2) is 9.13. The summed E-state index contributed by atoms with van der Waals surface area (Å²) in [6, 6.07) is 4.68. The first-order valence-corrected chi connectivity index (χ1v) is 12.9. The van der Waals surface area contributed by atoms with Crippen LogP contribution in [0, 0.1) is 6.92 Å². The van der Waals surface area contributed by atoms with E-state index in [1.807, 2.05) is 5.38 Å². The number of nitrogens with one attached hydrogen (secondary N) is 2. The van der Waals surface area contributed by atoms with Crippen molar-refractivity contribution < 1.29 is 13.2 Å². The second-order valence-corrected chi connectivity index (χ2v) is 10.7. The topological polar surface area (TPSA) is 91.4 Å². The van der Waals surface area contributed by atoms with Crippen LogP contribution in [-0.2, 0) is 16.6 Å². The molecule has 30 heavy (non-hydrogen) atoms. The summed E-state index contributed by atoms with van der Waals surface area (Å²) in [7, 11) is -3.61. The lowest BCUT2D eigenvalue weighted by molar-refractivity contribution is 0.102. The summed E-state index contributed by atoms with van der Waals surface area (Å²) in [5.41, 5.74) is 2.02. The van der Waals surface area contributed by atoms with Crippen LogP contribution in [0.5, 0.6) is 0 Å². The first-order valence-electron chi connectivity index (χ1n) is 10.5. The van der Waals surface area contributed by atoms with E-state index in [2.05, 4.69) is 19.9 Å². The van der Waals surface area contributed by atoms with Gasteiger partial charge in [-0.1, -0.05) is 18.9 Å². The Balaban J connectivity index is 1.43. The van der Waals surface area contributed by atoms with Crippen LogP contribution < -0.4 is 10.0 Å². The predicted molar refractivity (Wildman–Crippen MR) is 118 cm³/mol. The maximum Gasteiger partial charge on any atom is 0.257 e. The Morgan fingerprint density at radius 2 is 1.93 bits per heavy atom. The Morgan fingerprint density at radius 1 is 1.20 bits per heavy atom. The predicted octanol–water partition coefficient (Wildman–Crippen LogP) is 3.52. The zero-order valence-corrected chi connectivity index (χ0v) is 18.8. The van der Waals surface area contributed by atoms with Crippen molar-refractivity contribution in [2.75, 3.05) is 18.4 Å². The van der Waals surface area contributed by atoms with Crippen LogP contribution in [0.3, 0.4) is 0 Å². The van der Waals surface area contributed by atoms with Crippen molar-refractivity contribution in [3.8, 4) is 0 Å². The highest BCUT2D eigenvalue weighted by molar-refractivity contribution is 7.89. The van der Waals surface area contributed by atoms with E-state index < -0.39 is 10.0 Å². The van der Waals surface area contributed by atoms with Gasteiger partial charge in [-0.2, -0.15) is 0 Å². The lowest BCUT2D eigenvalue weighted by atomic mass is 10.1. The van der Waals surface area contributed by atoms with Gasteiger partial charge in [0, 0.05) is 23.5 Å². The van der Waals surface area contributed by atoms with Gasteiger partial charge >= 0.3 is 0 Å². The fraction of sp³-hybridized carbons (Fsp3) is 0.524. The largest absolute Gasteiger partial charge is 0.298 e.